The van der Waals surface area contributed by atoms with Crippen molar-refractivity contribution in [3.63, 3.8) is 0 Å². The first-order valence-corrected chi connectivity index (χ1v) is 6.20. The molecule has 2 amide bonds. The van der Waals surface area contributed by atoms with E-state index in [1.165, 1.54) is 0 Å². The molecule has 1 aromatic rings. The Kier molecular flexibility index (Phi) is 4.89. The molecule has 0 atom stereocenters. The molecule has 0 saturated heterocycles. The Bertz CT molecular complexity index is 595. The molecule has 5 nitrogen and oxygen atoms in total. The molecule has 1 rings (SSSR count). The van der Waals surface area contributed by atoms with Gasteiger partial charge in [0.15, 0.2) is 0 Å². The van der Waals surface area contributed by atoms with Gasteiger partial charge in [0.2, 0.25) is 5.91 Å². The molecule has 0 fully saturated rings. The van der Waals surface area contributed by atoms with Gasteiger partial charge in [-0.15, -0.1) is 0 Å². The first-order valence-electron chi connectivity index (χ1n) is 6.20. The molecule has 0 aliphatic carbocycles. The van der Waals surface area contributed by atoms with Crippen molar-refractivity contribution in [3.8, 4) is 11.8 Å². The van der Waals surface area contributed by atoms with Crippen LogP contribution >= 0.6 is 0 Å². The van der Waals surface area contributed by atoms with Crippen LogP contribution in [0.25, 0.3) is 0 Å². The average Bonchev–Trinajstić information content (AvgIpc) is 2.36. The van der Waals surface area contributed by atoms with Gasteiger partial charge in [0.25, 0.3) is 5.91 Å². The molecular weight excluding hydrogens is 254 g/mol. The number of primary amides is 1. The van der Waals surface area contributed by atoms with Gasteiger partial charge in [-0.3, -0.25) is 9.59 Å². The Morgan fingerprint density at radius 3 is 2.55 bits per heavy atom. The summed E-state index contributed by atoms with van der Waals surface area (Å²) in [5.41, 5.74) is 11.4. The van der Waals surface area contributed by atoms with E-state index < -0.39 is 11.4 Å². The number of benzene rings is 1. The number of nitrogens with one attached hydrogen (secondary N) is 1. The topological polar surface area (TPSA) is 98.2 Å². The molecule has 0 aliphatic rings. The van der Waals surface area contributed by atoms with Gasteiger partial charge < -0.3 is 16.8 Å². The summed E-state index contributed by atoms with van der Waals surface area (Å²) < 4.78 is 0. The summed E-state index contributed by atoms with van der Waals surface area (Å²) in [4.78, 5) is 23.5. The van der Waals surface area contributed by atoms with Crippen molar-refractivity contribution in [2.75, 3.05) is 6.54 Å². The van der Waals surface area contributed by atoms with Crippen LogP contribution in [0.5, 0.6) is 0 Å². The van der Waals surface area contributed by atoms with Crippen LogP contribution in [0.1, 0.15) is 35.3 Å². The quantitative estimate of drug-likeness (QED) is 0.691. The predicted molar refractivity (Wildman–Crippen MR) is 77.9 cm³/mol. The summed E-state index contributed by atoms with van der Waals surface area (Å²) in [6.07, 6.45) is 0. The van der Waals surface area contributed by atoms with Crippen LogP contribution in [0.15, 0.2) is 18.2 Å². The van der Waals surface area contributed by atoms with Crippen LogP contribution in [-0.4, -0.2) is 23.9 Å². The summed E-state index contributed by atoms with van der Waals surface area (Å²) in [7, 11) is 0. The highest BCUT2D eigenvalue weighted by molar-refractivity contribution is 6.00. The van der Waals surface area contributed by atoms with Crippen molar-refractivity contribution < 1.29 is 9.59 Å². The van der Waals surface area contributed by atoms with E-state index in [9.17, 15) is 9.59 Å². The molecule has 20 heavy (non-hydrogen) atoms. The predicted octanol–water partition coefficient (Wildman–Crippen LogP) is 0.299. The maximum atomic E-state index is 12.2. The number of hydrogen-bond acceptors (Lipinski definition) is 3. The molecule has 5 heteroatoms. The fourth-order valence-electron chi connectivity index (χ4n) is 1.58. The lowest BCUT2D eigenvalue weighted by atomic mass is 9.99. The van der Waals surface area contributed by atoms with Gasteiger partial charge in [0, 0.05) is 11.1 Å². The lowest BCUT2D eigenvalue weighted by Crippen LogP contribution is -2.53. The maximum absolute atomic E-state index is 12.2. The van der Waals surface area contributed by atoms with E-state index in [2.05, 4.69) is 17.2 Å². The molecule has 0 radical (unpaired) electrons. The molecule has 0 saturated carbocycles. The molecule has 0 aromatic heterocycles. The Morgan fingerprint density at radius 2 is 2.00 bits per heavy atom. The normalized spacial score (nSPS) is 10.4. The van der Waals surface area contributed by atoms with Gasteiger partial charge in [-0.1, -0.05) is 17.9 Å². The largest absolute Gasteiger partial charge is 0.368 e. The molecule has 106 valence electrons. The van der Waals surface area contributed by atoms with Gasteiger partial charge in [-0.2, -0.15) is 0 Å². The third-order valence-electron chi connectivity index (χ3n) is 2.95. The highest BCUT2D eigenvalue weighted by atomic mass is 16.2. The van der Waals surface area contributed by atoms with Crippen molar-refractivity contribution in [3.05, 3.63) is 34.9 Å². The van der Waals surface area contributed by atoms with Crippen LogP contribution in [0, 0.1) is 18.8 Å². The SMILES string of the molecule is Cc1c(C#CCN)cccc1C(=O)NC(C)(C)C(N)=O. The summed E-state index contributed by atoms with van der Waals surface area (Å²) in [6.45, 7) is 5.17. The number of carbonyl (C=O) groups excluding carboxylic acids is 2. The molecule has 5 N–H and O–H groups in total. The lowest BCUT2D eigenvalue weighted by molar-refractivity contribution is -0.122. The molecule has 0 unspecified atom stereocenters. The van der Waals surface area contributed by atoms with Crippen LogP contribution < -0.4 is 16.8 Å². The minimum Gasteiger partial charge on any atom is -0.368 e. The monoisotopic (exact) mass is 273 g/mol. The lowest BCUT2D eigenvalue weighted by Gasteiger charge is -2.22. The standard InChI is InChI=1S/C15H19N3O2/c1-10-11(7-5-9-16)6-4-8-12(10)13(19)18-15(2,3)14(17)20/h4,6,8H,9,16H2,1-3H3,(H2,17,20)(H,18,19). The Balaban J connectivity index is 3.09. The van der Waals surface area contributed by atoms with Crippen molar-refractivity contribution in [2.24, 2.45) is 11.5 Å². The van der Waals surface area contributed by atoms with E-state index in [-0.39, 0.29) is 12.5 Å². The third kappa shape index (κ3) is 3.59. The van der Waals surface area contributed by atoms with E-state index in [4.69, 9.17) is 11.5 Å². The summed E-state index contributed by atoms with van der Waals surface area (Å²) >= 11 is 0. The molecule has 0 bridgehead atoms. The van der Waals surface area contributed by atoms with Crippen molar-refractivity contribution in [1.82, 2.24) is 5.32 Å². The van der Waals surface area contributed by atoms with E-state index in [0.29, 0.717) is 5.56 Å². The second-order valence-electron chi connectivity index (χ2n) is 4.93. The zero-order valence-corrected chi connectivity index (χ0v) is 11.9. The highest BCUT2D eigenvalue weighted by Gasteiger charge is 2.27. The highest BCUT2D eigenvalue weighted by Crippen LogP contribution is 2.14. The van der Waals surface area contributed by atoms with E-state index in [1.807, 2.05) is 6.07 Å². The zero-order valence-electron chi connectivity index (χ0n) is 11.9. The minimum absolute atomic E-state index is 0.255. The Labute approximate surface area is 118 Å². The number of rotatable bonds is 3. The maximum Gasteiger partial charge on any atom is 0.252 e. The van der Waals surface area contributed by atoms with Crippen molar-refractivity contribution in [1.29, 1.82) is 0 Å². The second-order valence-corrected chi connectivity index (χ2v) is 4.93. The smallest absolute Gasteiger partial charge is 0.252 e. The fraction of sp³-hybridized carbons (Fsp3) is 0.333. The Hall–Kier alpha value is -2.32. The molecular formula is C15H19N3O2. The van der Waals surface area contributed by atoms with Gasteiger partial charge in [-0.05, 0) is 38.5 Å². The average molecular weight is 273 g/mol. The van der Waals surface area contributed by atoms with E-state index >= 15 is 0 Å². The summed E-state index contributed by atoms with van der Waals surface area (Å²) in [6, 6.07) is 5.23. The fourth-order valence-corrected chi connectivity index (χ4v) is 1.58. The minimum atomic E-state index is -1.11. The Morgan fingerprint density at radius 1 is 1.35 bits per heavy atom. The van der Waals surface area contributed by atoms with Crippen LogP contribution in [0.3, 0.4) is 0 Å². The van der Waals surface area contributed by atoms with Crippen molar-refractivity contribution in [2.45, 2.75) is 26.3 Å². The molecule has 0 spiro atoms. The number of carbonyl (C=O) groups is 2. The summed E-state index contributed by atoms with van der Waals surface area (Å²) in [5.74, 6) is 4.70. The van der Waals surface area contributed by atoms with Gasteiger partial charge in [0.1, 0.15) is 5.54 Å². The third-order valence-corrected chi connectivity index (χ3v) is 2.95. The number of hydrogen-bond donors (Lipinski definition) is 3. The molecule has 1 aromatic carbocycles. The van der Waals surface area contributed by atoms with E-state index in [1.54, 1.807) is 32.9 Å². The van der Waals surface area contributed by atoms with Gasteiger partial charge >= 0.3 is 0 Å². The molecule has 0 heterocycles. The van der Waals surface area contributed by atoms with Crippen molar-refractivity contribution >= 4 is 11.8 Å². The first kappa shape index (κ1) is 15.7. The van der Waals surface area contributed by atoms with Gasteiger partial charge in [0.05, 0.1) is 6.54 Å². The number of nitrogens with two attached hydrogens (primary N) is 2. The van der Waals surface area contributed by atoms with Crippen LogP contribution in [0.2, 0.25) is 0 Å². The van der Waals surface area contributed by atoms with E-state index in [0.717, 1.165) is 11.1 Å². The second kappa shape index (κ2) is 6.22. The van der Waals surface area contributed by atoms with Gasteiger partial charge in [-0.25, -0.2) is 0 Å². The zero-order chi connectivity index (χ0) is 15.3. The van der Waals surface area contributed by atoms with Crippen LogP contribution in [0.4, 0.5) is 0 Å². The van der Waals surface area contributed by atoms with Crippen LogP contribution in [-0.2, 0) is 4.79 Å². The number of amides is 2. The molecule has 0 aliphatic heterocycles. The summed E-state index contributed by atoms with van der Waals surface area (Å²) in [5, 5.41) is 2.61. The first-order chi connectivity index (χ1) is 9.29.